The molecule has 0 unspecified atom stereocenters. The zero-order chi connectivity index (χ0) is 17.6. The van der Waals surface area contributed by atoms with Gasteiger partial charge in [-0.3, -0.25) is 9.59 Å². The van der Waals surface area contributed by atoms with E-state index in [1.165, 1.54) is 18.4 Å². The van der Waals surface area contributed by atoms with Crippen molar-refractivity contribution in [2.45, 2.75) is 57.9 Å². The van der Waals surface area contributed by atoms with Crippen molar-refractivity contribution in [1.29, 1.82) is 0 Å². The van der Waals surface area contributed by atoms with E-state index in [-0.39, 0.29) is 23.8 Å². The molecular weight excluding hydrogens is 312 g/mol. The van der Waals surface area contributed by atoms with Gasteiger partial charge in [-0.05, 0) is 50.0 Å². The molecule has 1 saturated carbocycles. The van der Waals surface area contributed by atoms with Crippen LogP contribution >= 0.6 is 0 Å². The minimum Gasteiger partial charge on any atom is -0.352 e. The number of benzene rings is 1. The molecule has 0 spiro atoms. The Kier molecular flexibility index (Phi) is 6.11. The molecule has 1 aliphatic carbocycles. The van der Waals surface area contributed by atoms with Gasteiger partial charge >= 0.3 is 0 Å². The number of nitrogens with one attached hydrogen (secondary N) is 1. The topological polar surface area (TPSA) is 49.4 Å². The summed E-state index contributed by atoms with van der Waals surface area (Å²) >= 11 is 0. The Bertz CT molecular complexity index is 583. The van der Waals surface area contributed by atoms with E-state index in [0.29, 0.717) is 18.9 Å². The Morgan fingerprint density at radius 3 is 2.64 bits per heavy atom. The lowest BCUT2D eigenvalue weighted by Crippen LogP contribution is -2.48. The Labute approximate surface area is 151 Å². The summed E-state index contributed by atoms with van der Waals surface area (Å²) in [5.74, 6) is 0.905. The number of hydrogen-bond donors (Lipinski definition) is 1. The molecule has 1 aromatic rings. The van der Waals surface area contributed by atoms with Crippen LogP contribution in [0.15, 0.2) is 30.3 Å². The Hall–Kier alpha value is -1.84. The highest BCUT2D eigenvalue weighted by molar-refractivity contribution is 5.81. The molecule has 0 bridgehead atoms. The number of piperidine rings is 1. The van der Waals surface area contributed by atoms with Gasteiger partial charge in [-0.15, -0.1) is 0 Å². The number of carbonyl (C=O) groups excluding carboxylic acids is 2. The quantitative estimate of drug-likeness (QED) is 0.827. The summed E-state index contributed by atoms with van der Waals surface area (Å²) in [6.07, 6.45) is 6.61. The molecule has 2 amide bonds. The van der Waals surface area contributed by atoms with E-state index >= 15 is 0 Å². The van der Waals surface area contributed by atoms with Crippen molar-refractivity contribution >= 4 is 11.8 Å². The first-order valence-electron chi connectivity index (χ1n) is 9.79. The monoisotopic (exact) mass is 342 g/mol. The molecule has 2 fully saturated rings. The Morgan fingerprint density at radius 2 is 1.96 bits per heavy atom. The van der Waals surface area contributed by atoms with Crippen LogP contribution in [0.1, 0.15) is 51.0 Å². The molecule has 136 valence electrons. The number of hydrogen-bond acceptors (Lipinski definition) is 2. The zero-order valence-corrected chi connectivity index (χ0v) is 15.2. The van der Waals surface area contributed by atoms with Crippen LogP contribution in [0.2, 0.25) is 0 Å². The molecular formula is C21H30N2O2. The van der Waals surface area contributed by atoms with Crippen LogP contribution in [-0.4, -0.2) is 35.8 Å². The standard InChI is InChI=1S/C21H30N2O2/c1-2-7-20(24)23-13-6-10-18(15-23)21(25)22-19(17-11-12-17)14-16-8-4-3-5-9-16/h3-5,8-9,17-19H,2,6-7,10-15H2,1H3,(H,22,25)/t18-,19-/m1/s1. The number of nitrogens with zero attached hydrogens (tertiary/aromatic N) is 1. The fourth-order valence-corrected chi connectivity index (χ4v) is 3.79. The molecule has 1 heterocycles. The molecule has 0 radical (unpaired) electrons. The first kappa shape index (κ1) is 18.0. The minimum absolute atomic E-state index is 0.0495. The van der Waals surface area contributed by atoms with Crippen molar-refractivity contribution in [3.63, 3.8) is 0 Å². The van der Waals surface area contributed by atoms with Crippen LogP contribution in [0.5, 0.6) is 0 Å². The van der Waals surface area contributed by atoms with Crippen LogP contribution in [0.4, 0.5) is 0 Å². The first-order chi connectivity index (χ1) is 12.2. The van der Waals surface area contributed by atoms with Gasteiger partial charge in [0.05, 0.1) is 5.92 Å². The van der Waals surface area contributed by atoms with Gasteiger partial charge in [-0.2, -0.15) is 0 Å². The van der Waals surface area contributed by atoms with Gasteiger partial charge < -0.3 is 10.2 Å². The average Bonchev–Trinajstić information content (AvgIpc) is 3.47. The normalized spacial score (nSPS) is 21.6. The third-order valence-electron chi connectivity index (χ3n) is 5.43. The van der Waals surface area contributed by atoms with Gasteiger partial charge in [-0.25, -0.2) is 0 Å². The molecule has 1 aromatic carbocycles. The van der Waals surface area contributed by atoms with E-state index < -0.39 is 0 Å². The van der Waals surface area contributed by atoms with E-state index in [1.54, 1.807) is 0 Å². The number of amides is 2. The number of carbonyl (C=O) groups is 2. The van der Waals surface area contributed by atoms with Crippen LogP contribution in [0.25, 0.3) is 0 Å². The third-order valence-corrected chi connectivity index (χ3v) is 5.43. The van der Waals surface area contributed by atoms with E-state index in [4.69, 9.17) is 0 Å². The van der Waals surface area contributed by atoms with Gasteiger partial charge in [-0.1, -0.05) is 37.3 Å². The summed E-state index contributed by atoms with van der Waals surface area (Å²) in [6.45, 7) is 3.42. The summed E-state index contributed by atoms with van der Waals surface area (Å²) in [4.78, 5) is 26.8. The summed E-state index contributed by atoms with van der Waals surface area (Å²) in [5, 5.41) is 3.31. The molecule has 2 atom stereocenters. The largest absolute Gasteiger partial charge is 0.352 e. The molecule has 1 N–H and O–H groups in total. The predicted molar refractivity (Wildman–Crippen MR) is 99.0 cm³/mol. The van der Waals surface area contributed by atoms with Crippen molar-refractivity contribution in [2.24, 2.45) is 11.8 Å². The smallest absolute Gasteiger partial charge is 0.225 e. The fourth-order valence-electron chi connectivity index (χ4n) is 3.79. The SMILES string of the molecule is CCCC(=O)N1CCC[C@@H](C(=O)N[C@H](Cc2ccccc2)C2CC2)C1. The molecule has 25 heavy (non-hydrogen) atoms. The molecule has 2 aliphatic rings. The summed E-state index contributed by atoms with van der Waals surface area (Å²) in [7, 11) is 0. The van der Waals surface area contributed by atoms with Crippen molar-refractivity contribution in [2.75, 3.05) is 13.1 Å². The lowest BCUT2D eigenvalue weighted by Gasteiger charge is -2.33. The highest BCUT2D eigenvalue weighted by Gasteiger charge is 2.35. The lowest BCUT2D eigenvalue weighted by molar-refractivity contribution is -0.136. The Morgan fingerprint density at radius 1 is 1.20 bits per heavy atom. The number of likely N-dealkylation sites (tertiary alicyclic amines) is 1. The highest BCUT2D eigenvalue weighted by atomic mass is 16.2. The molecule has 4 nitrogen and oxygen atoms in total. The molecule has 3 rings (SSSR count). The van der Waals surface area contributed by atoms with Crippen molar-refractivity contribution < 1.29 is 9.59 Å². The predicted octanol–water partition coefficient (Wildman–Crippen LogP) is 3.16. The van der Waals surface area contributed by atoms with Gasteiger partial charge in [0.25, 0.3) is 0 Å². The second-order valence-corrected chi connectivity index (χ2v) is 7.57. The first-order valence-corrected chi connectivity index (χ1v) is 9.79. The molecule has 4 heteroatoms. The van der Waals surface area contributed by atoms with E-state index in [1.807, 2.05) is 17.9 Å². The van der Waals surface area contributed by atoms with Crippen molar-refractivity contribution in [1.82, 2.24) is 10.2 Å². The maximum absolute atomic E-state index is 12.8. The fraction of sp³-hybridized carbons (Fsp3) is 0.619. The summed E-state index contributed by atoms with van der Waals surface area (Å²) < 4.78 is 0. The highest BCUT2D eigenvalue weighted by Crippen LogP contribution is 2.34. The molecule has 1 saturated heterocycles. The minimum atomic E-state index is -0.0495. The maximum Gasteiger partial charge on any atom is 0.225 e. The van der Waals surface area contributed by atoms with Crippen molar-refractivity contribution in [3.05, 3.63) is 35.9 Å². The molecule has 1 aliphatic heterocycles. The van der Waals surface area contributed by atoms with Crippen LogP contribution < -0.4 is 5.32 Å². The Balaban J connectivity index is 1.56. The second-order valence-electron chi connectivity index (χ2n) is 7.57. The van der Waals surface area contributed by atoms with E-state index in [2.05, 4.69) is 29.6 Å². The van der Waals surface area contributed by atoms with E-state index in [0.717, 1.165) is 32.2 Å². The van der Waals surface area contributed by atoms with Gasteiger partial charge in [0.2, 0.25) is 11.8 Å². The van der Waals surface area contributed by atoms with Crippen molar-refractivity contribution in [3.8, 4) is 0 Å². The van der Waals surface area contributed by atoms with Crippen LogP contribution in [0.3, 0.4) is 0 Å². The zero-order valence-electron chi connectivity index (χ0n) is 15.2. The summed E-state index contributed by atoms with van der Waals surface area (Å²) in [5.41, 5.74) is 1.28. The van der Waals surface area contributed by atoms with Gasteiger partial charge in [0.15, 0.2) is 0 Å². The molecule has 0 aromatic heterocycles. The van der Waals surface area contributed by atoms with Gasteiger partial charge in [0.1, 0.15) is 0 Å². The van der Waals surface area contributed by atoms with Gasteiger partial charge in [0, 0.05) is 25.6 Å². The second kappa shape index (κ2) is 8.50. The summed E-state index contributed by atoms with van der Waals surface area (Å²) in [6, 6.07) is 10.6. The lowest BCUT2D eigenvalue weighted by atomic mass is 9.95. The number of rotatable bonds is 7. The van der Waals surface area contributed by atoms with Crippen LogP contribution in [-0.2, 0) is 16.0 Å². The van der Waals surface area contributed by atoms with E-state index in [9.17, 15) is 9.59 Å². The van der Waals surface area contributed by atoms with Crippen LogP contribution in [0, 0.1) is 11.8 Å². The third kappa shape index (κ3) is 5.07. The average molecular weight is 342 g/mol. The maximum atomic E-state index is 12.8.